The van der Waals surface area contributed by atoms with Crippen molar-refractivity contribution in [3.63, 3.8) is 0 Å². The average molecular weight is 728 g/mol. The van der Waals surface area contributed by atoms with E-state index in [-0.39, 0.29) is 24.3 Å². The van der Waals surface area contributed by atoms with E-state index in [0.29, 0.717) is 6.42 Å². The maximum absolute atomic E-state index is 12.4. The second kappa shape index (κ2) is 31.9. The third kappa shape index (κ3) is 24.1. The highest BCUT2D eigenvalue weighted by Crippen LogP contribution is 2.44. The van der Waals surface area contributed by atoms with Crippen molar-refractivity contribution >= 4 is 5.97 Å². The lowest BCUT2D eigenvalue weighted by Crippen LogP contribution is -2.33. The van der Waals surface area contributed by atoms with Crippen molar-refractivity contribution in [2.75, 3.05) is 20.6 Å². The molecule has 2 aliphatic rings. The van der Waals surface area contributed by atoms with Crippen LogP contribution in [0.15, 0.2) is 36.5 Å². The molecule has 0 aromatic rings. The van der Waals surface area contributed by atoms with E-state index in [1.54, 1.807) is 0 Å². The van der Waals surface area contributed by atoms with Gasteiger partial charge >= 0.3 is 5.97 Å². The molecule has 2 rings (SSSR count). The summed E-state index contributed by atoms with van der Waals surface area (Å²) in [4.78, 5) is 14.4. The van der Waals surface area contributed by atoms with Gasteiger partial charge in [-0.2, -0.15) is 0 Å². The van der Waals surface area contributed by atoms with Crippen LogP contribution in [0.5, 0.6) is 0 Å². The molecule has 1 aliphatic heterocycles. The third-order valence-corrected chi connectivity index (χ3v) is 11.0. The number of unbranched alkanes of at least 4 members (excludes halogenated alkanes) is 21. The summed E-state index contributed by atoms with van der Waals surface area (Å²) in [7, 11) is 3.97. The lowest BCUT2D eigenvalue weighted by atomic mass is 9.98. The minimum atomic E-state index is -0.439. The molecule has 52 heavy (non-hydrogen) atoms. The summed E-state index contributed by atoms with van der Waals surface area (Å²) in [5.74, 6) is -0.541. The third-order valence-electron chi connectivity index (χ3n) is 11.0. The Morgan fingerprint density at radius 3 is 1.42 bits per heavy atom. The fraction of sp³-hybridized carbons (Fsp3) is 0.851. The largest absolute Gasteiger partial charge is 0.462 e. The molecule has 1 heterocycles. The van der Waals surface area contributed by atoms with Gasteiger partial charge in [-0.1, -0.05) is 147 Å². The summed E-state index contributed by atoms with van der Waals surface area (Å²) in [6.45, 7) is 5.27. The van der Waals surface area contributed by atoms with Crippen molar-refractivity contribution in [1.29, 1.82) is 0 Å². The van der Waals surface area contributed by atoms with Gasteiger partial charge in [-0.25, -0.2) is 0 Å². The van der Waals surface area contributed by atoms with Crippen molar-refractivity contribution in [3.8, 4) is 0 Å². The molecule has 0 radical (unpaired) electrons. The topological polar surface area (TPSA) is 48.0 Å². The number of ether oxygens (including phenoxy) is 3. The second-order valence-electron chi connectivity index (χ2n) is 16.4. The lowest BCUT2D eigenvalue weighted by molar-refractivity contribution is -0.196. The zero-order valence-corrected chi connectivity index (χ0v) is 34.9. The molecular formula is C47H85NO4. The fourth-order valence-corrected chi connectivity index (χ4v) is 7.79. The Bertz CT molecular complexity index is 912. The van der Waals surface area contributed by atoms with Crippen LogP contribution in [0.25, 0.3) is 0 Å². The van der Waals surface area contributed by atoms with Gasteiger partial charge in [-0.15, -0.1) is 0 Å². The summed E-state index contributed by atoms with van der Waals surface area (Å²) >= 11 is 0. The van der Waals surface area contributed by atoms with Gasteiger partial charge in [0.15, 0.2) is 5.79 Å². The normalized spacial score (nSPS) is 21.8. The molecule has 1 saturated carbocycles. The predicted molar refractivity (Wildman–Crippen MR) is 223 cm³/mol. The standard InChI is InChI=1S/C47H85NO4/c1-5-7-9-11-13-15-17-19-21-23-25-27-29-31-33-35-38-47(51-44-41-43(42-45(44)52-47)50-46(49)37-40-48(3)4)39-36-34-32-30-28-26-24-22-20-18-16-14-12-10-8-6-2/h13,15,19-22,43-45H,5-12,14,16-18,23-42H2,1-4H3/b15-13-,21-19-,22-20-/t43?,44-,45+,47?. The van der Waals surface area contributed by atoms with E-state index in [4.69, 9.17) is 14.2 Å². The molecule has 0 bridgehead atoms. The van der Waals surface area contributed by atoms with Crippen LogP contribution < -0.4 is 0 Å². The monoisotopic (exact) mass is 728 g/mol. The minimum Gasteiger partial charge on any atom is -0.462 e. The van der Waals surface area contributed by atoms with E-state index in [1.807, 2.05) is 19.0 Å². The van der Waals surface area contributed by atoms with Crippen LogP contribution in [0.4, 0.5) is 0 Å². The number of carbonyl (C=O) groups is 1. The highest BCUT2D eigenvalue weighted by molar-refractivity contribution is 5.69. The smallest absolute Gasteiger partial charge is 0.307 e. The van der Waals surface area contributed by atoms with E-state index < -0.39 is 5.79 Å². The zero-order valence-electron chi connectivity index (χ0n) is 34.9. The summed E-state index contributed by atoms with van der Waals surface area (Å²) in [5.41, 5.74) is 0. The molecule has 0 amide bonds. The van der Waals surface area contributed by atoms with Crippen molar-refractivity contribution in [2.24, 2.45) is 0 Å². The van der Waals surface area contributed by atoms with Gasteiger partial charge in [0.05, 0.1) is 18.6 Å². The molecule has 0 aromatic carbocycles. The SMILES string of the molecule is CCCCC/C=C\C/C=C\CCCCCCCCC1(CCCCCCCC/C=C\CCCCCCCC)O[C@H]2CC(OC(=O)CCN(C)C)C[C@H]2O1. The first-order valence-corrected chi connectivity index (χ1v) is 22.6. The number of nitrogens with zero attached hydrogens (tertiary/aromatic N) is 1. The van der Waals surface area contributed by atoms with Gasteiger partial charge in [-0.3, -0.25) is 4.79 Å². The number of esters is 1. The maximum atomic E-state index is 12.4. The van der Waals surface area contributed by atoms with Crippen molar-refractivity contribution in [2.45, 2.75) is 237 Å². The van der Waals surface area contributed by atoms with Gasteiger partial charge in [-0.05, 0) is 84.7 Å². The zero-order chi connectivity index (χ0) is 37.4. The van der Waals surface area contributed by atoms with Crippen LogP contribution in [-0.4, -0.2) is 55.6 Å². The van der Waals surface area contributed by atoms with Crippen molar-refractivity contribution in [1.82, 2.24) is 4.90 Å². The molecule has 302 valence electrons. The molecule has 0 aromatic heterocycles. The van der Waals surface area contributed by atoms with Crippen LogP contribution in [0.3, 0.4) is 0 Å². The highest BCUT2D eigenvalue weighted by Gasteiger charge is 2.52. The molecule has 5 heteroatoms. The van der Waals surface area contributed by atoms with E-state index in [9.17, 15) is 4.79 Å². The first-order chi connectivity index (χ1) is 25.5. The van der Waals surface area contributed by atoms with Gasteiger partial charge in [0.25, 0.3) is 0 Å². The van der Waals surface area contributed by atoms with Crippen LogP contribution in [0.2, 0.25) is 0 Å². The second-order valence-corrected chi connectivity index (χ2v) is 16.4. The quantitative estimate of drug-likeness (QED) is 0.0369. The maximum Gasteiger partial charge on any atom is 0.307 e. The van der Waals surface area contributed by atoms with Crippen molar-refractivity contribution < 1.29 is 19.0 Å². The molecule has 2 unspecified atom stereocenters. The Labute approximate surface area is 323 Å². The number of rotatable bonds is 35. The summed E-state index contributed by atoms with van der Waals surface area (Å²) < 4.78 is 19.4. The molecule has 2 fully saturated rings. The first kappa shape index (κ1) is 46.7. The van der Waals surface area contributed by atoms with Crippen LogP contribution >= 0.6 is 0 Å². The molecule has 4 atom stereocenters. The molecule has 5 nitrogen and oxygen atoms in total. The predicted octanol–water partition coefficient (Wildman–Crippen LogP) is 13.8. The number of fused-ring (bicyclic) bond motifs is 1. The highest BCUT2D eigenvalue weighted by atomic mass is 16.8. The summed E-state index contributed by atoms with van der Waals surface area (Å²) in [5, 5.41) is 0. The Kier molecular flexibility index (Phi) is 28.6. The molecule has 0 N–H and O–H groups in total. The number of hydrogen-bond acceptors (Lipinski definition) is 5. The van der Waals surface area contributed by atoms with Gasteiger partial charge < -0.3 is 19.1 Å². The van der Waals surface area contributed by atoms with Gasteiger partial charge in [0, 0.05) is 32.2 Å². The molecule has 1 saturated heterocycles. The number of allylic oxidation sites excluding steroid dienone is 6. The van der Waals surface area contributed by atoms with E-state index in [0.717, 1.165) is 38.6 Å². The van der Waals surface area contributed by atoms with Gasteiger partial charge in [0.1, 0.15) is 6.10 Å². The fourth-order valence-electron chi connectivity index (χ4n) is 7.79. The van der Waals surface area contributed by atoms with E-state index in [2.05, 4.69) is 50.3 Å². The number of carbonyl (C=O) groups excluding carboxylic acids is 1. The Morgan fingerprint density at radius 1 is 0.577 bits per heavy atom. The van der Waals surface area contributed by atoms with Gasteiger partial charge in [0.2, 0.25) is 0 Å². The first-order valence-electron chi connectivity index (χ1n) is 22.6. The average Bonchev–Trinajstić information content (AvgIpc) is 3.65. The number of hydrogen-bond donors (Lipinski definition) is 0. The van der Waals surface area contributed by atoms with E-state index >= 15 is 0 Å². The summed E-state index contributed by atoms with van der Waals surface area (Å²) in [6, 6.07) is 0. The van der Waals surface area contributed by atoms with Crippen LogP contribution in [0, 0.1) is 0 Å². The Morgan fingerprint density at radius 2 is 0.962 bits per heavy atom. The van der Waals surface area contributed by atoms with Crippen molar-refractivity contribution in [3.05, 3.63) is 36.5 Å². The molecular weight excluding hydrogens is 643 g/mol. The Balaban J connectivity index is 1.63. The summed E-state index contributed by atoms with van der Waals surface area (Å²) in [6.07, 6.45) is 51.9. The molecule has 0 spiro atoms. The minimum absolute atomic E-state index is 0.0605. The lowest BCUT2D eigenvalue weighted by Gasteiger charge is -2.30. The molecule has 1 aliphatic carbocycles. The van der Waals surface area contributed by atoms with Crippen LogP contribution in [0.1, 0.15) is 213 Å². The van der Waals surface area contributed by atoms with E-state index in [1.165, 1.54) is 161 Å². The van der Waals surface area contributed by atoms with Crippen LogP contribution in [-0.2, 0) is 19.0 Å². The Hall–Kier alpha value is -1.43.